The van der Waals surface area contributed by atoms with Gasteiger partial charge in [-0.15, -0.1) is 0 Å². The molecule has 1 saturated heterocycles. The zero-order chi connectivity index (χ0) is 25.3. The van der Waals surface area contributed by atoms with Crippen molar-refractivity contribution in [3.8, 4) is 5.75 Å². The van der Waals surface area contributed by atoms with Crippen molar-refractivity contribution in [3.05, 3.63) is 41.3 Å². The zero-order valence-electron chi connectivity index (χ0n) is 17.7. The van der Waals surface area contributed by atoms with Crippen LogP contribution < -0.4 is 4.74 Å². The van der Waals surface area contributed by atoms with Gasteiger partial charge in [0, 0.05) is 24.8 Å². The minimum absolute atomic E-state index is 0.0142. The Morgan fingerprint density at radius 3 is 2.53 bits per heavy atom. The fraction of sp³-hybridized carbons (Fsp3) is 0.500. The molecule has 2 fully saturated rings. The van der Waals surface area contributed by atoms with Crippen molar-refractivity contribution in [3.63, 3.8) is 0 Å². The van der Waals surface area contributed by atoms with Crippen LogP contribution >= 0.6 is 0 Å². The van der Waals surface area contributed by atoms with Crippen LogP contribution in [0.3, 0.4) is 0 Å². The number of aromatic nitrogens is 1. The summed E-state index contributed by atoms with van der Waals surface area (Å²) < 4.78 is 112. The summed E-state index contributed by atoms with van der Waals surface area (Å²) in [7, 11) is -3.82. The number of ether oxygens (including phenoxy) is 1. The third-order valence-corrected chi connectivity index (χ3v) is 7.26. The molecule has 0 N–H and O–H groups in total. The van der Waals surface area contributed by atoms with Crippen LogP contribution in [0.1, 0.15) is 35.0 Å². The SMILES string of the molecule is CC(Oc1ccc(S(C)(=O)=O)cc1C(=O)N1CC2CC2(c2nocc2C(F)(F)F)C1)C(F)(F)F. The number of amides is 1. The Morgan fingerprint density at radius 1 is 1.26 bits per heavy atom. The lowest BCUT2D eigenvalue weighted by Gasteiger charge is -2.24. The Balaban J connectivity index is 1.66. The monoisotopic (exact) mass is 512 g/mol. The second-order valence-electron chi connectivity index (χ2n) is 8.55. The molecule has 4 rings (SSSR count). The van der Waals surface area contributed by atoms with Gasteiger partial charge in [0.2, 0.25) is 0 Å². The highest BCUT2D eigenvalue weighted by Crippen LogP contribution is 2.60. The Bertz CT molecular complexity index is 1240. The molecule has 34 heavy (non-hydrogen) atoms. The number of alkyl halides is 6. The number of nitrogens with zero attached hydrogens (tertiary/aromatic N) is 2. The number of carbonyl (C=O) groups excluding carboxylic acids is 1. The molecule has 14 heteroatoms. The smallest absolute Gasteiger partial charge is 0.425 e. The van der Waals surface area contributed by atoms with E-state index in [9.17, 15) is 39.6 Å². The lowest BCUT2D eigenvalue weighted by molar-refractivity contribution is -0.189. The highest BCUT2D eigenvalue weighted by Gasteiger charge is 2.65. The Morgan fingerprint density at radius 2 is 1.94 bits per heavy atom. The van der Waals surface area contributed by atoms with Gasteiger partial charge in [-0.25, -0.2) is 8.42 Å². The van der Waals surface area contributed by atoms with Crippen molar-refractivity contribution in [2.75, 3.05) is 19.3 Å². The maximum atomic E-state index is 13.3. The highest BCUT2D eigenvalue weighted by atomic mass is 32.2. The predicted molar refractivity (Wildman–Crippen MR) is 103 cm³/mol. The second kappa shape index (κ2) is 7.62. The molecule has 2 aliphatic rings. The molecule has 1 aliphatic heterocycles. The van der Waals surface area contributed by atoms with Crippen LogP contribution in [-0.2, 0) is 21.4 Å². The molecular weight excluding hydrogens is 494 g/mol. The van der Waals surface area contributed by atoms with Crippen LogP contribution in [0.4, 0.5) is 26.3 Å². The van der Waals surface area contributed by atoms with Gasteiger partial charge >= 0.3 is 12.4 Å². The molecule has 3 unspecified atom stereocenters. The third-order valence-electron chi connectivity index (χ3n) is 6.15. The van der Waals surface area contributed by atoms with E-state index in [0.29, 0.717) is 12.7 Å². The van der Waals surface area contributed by atoms with E-state index in [2.05, 4.69) is 9.68 Å². The Labute approximate surface area is 189 Å². The molecule has 1 aliphatic carbocycles. The number of fused-ring (bicyclic) bond motifs is 1. The van der Waals surface area contributed by atoms with Crippen LogP contribution in [-0.4, -0.2) is 56.0 Å². The van der Waals surface area contributed by atoms with Crippen molar-refractivity contribution in [1.82, 2.24) is 10.1 Å². The van der Waals surface area contributed by atoms with Crippen LogP contribution in [0.15, 0.2) is 33.9 Å². The average molecular weight is 512 g/mol. The van der Waals surface area contributed by atoms with Gasteiger partial charge in [0.05, 0.1) is 10.5 Å². The summed E-state index contributed by atoms with van der Waals surface area (Å²) in [5, 5.41) is 3.51. The van der Waals surface area contributed by atoms with E-state index in [0.717, 1.165) is 36.3 Å². The van der Waals surface area contributed by atoms with E-state index in [1.165, 1.54) is 0 Å². The fourth-order valence-electron chi connectivity index (χ4n) is 4.24. The van der Waals surface area contributed by atoms with E-state index in [1.54, 1.807) is 0 Å². The highest BCUT2D eigenvalue weighted by molar-refractivity contribution is 7.90. The number of likely N-dealkylation sites (tertiary alicyclic amines) is 1. The van der Waals surface area contributed by atoms with Crippen molar-refractivity contribution < 1.29 is 48.8 Å². The Hall–Kier alpha value is -2.77. The second-order valence-corrected chi connectivity index (χ2v) is 10.6. The van der Waals surface area contributed by atoms with E-state index in [1.807, 2.05) is 0 Å². The first-order chi connectivity index (χ1) is 15.5. The average Bonchev–Trinajstić information content (AvgIpc) is 3.07. The lowest BCUT2D eigenvalue weighted by Crippen LogP contribution is -2.35. The summed E-state index contributed by atoms with van der Waals surface area (Å²) in [5.41, 5.74) is -2.91. The van der Waals surface area contributed by atoms with Crippen LogP contribution in [0, 0.1) is 5.92 Å². The van der Waals surface area contributed by atoms with Gasteiger partial charge in [-0.1, -0.05) is 5.16 Å². The molecule has 186 valence electrons. The van der Waals surface area contributed by atoms with Crippen LogP contribution in [0.2, 0.25) is 0 Å². The summed E-state index contributed by atoms with van der Waals surface area (Å²) in [4.78, 5) is 14.1. The topological polar surface area (TPSA) is 89.7 Å². The standard InChI is InChI=1S/C20H18F6N2O5S/c1-10(19(21,22)23)33-15-4-3-12(34(2,30)31)5-13(15)17(29)28-7-11-6-18(11,9-28)16-14(8-32-27-16)20(24,25)26/h3-5,8,10-11H,6-7,9H2,1-2H3. The van der Waals surface area contributed by atoms with Crippen LogP contribution in [0.5, 0.6) is 5.75 Å². The molecular formula is C20H18F6N2O5S. The summed E-state index contributed by atoms with van der Waals surface area (Å²) >= 11 is 0. The van der Waals surface area contributed by atoms with Gasteiger partial charge < -0.3 is 14.2 Å². The third kappa shape index (κ3) is 4.23. The Kier molecular flexibility index (Phi) is 5.46. The van der Waals surface area contributed by atoms with Gasteiger partial charge in [0.1, 0.15) is 23.3 Å². The van der Waals surface area contributed by atoms with Gasteiger partial charge in [0.15, 0.2) is 15.9 Å². The molecule has 7 nitrogen and oxygen atoms in total. The van der Waals surface area contributed by atoms with E-state index in [4.69, 9.17) is 4.74 Å². The summed E-state index contributed by atoms with van der Waals surface area (Å²) in [6, 6.07) is 2.88. The molecule has 1 amide bonds. The number of hydrogen-bond donors (Lipinski definition) is 0. The first kappa shape index (κ1) is 24.4. The minimum atomic E-state index is -4.75. The number of piperidine rings is 1. The summed E-state index contributed by atoms with van der Waals surface area (Å²) in [5.74, 6) is -1.72. The molecule has 1 saturated carbocycles. The molecule has 1 aromatic carbocycles. The maximum Gasteiger partial charge on any atom is 0.425 e. The molecule has 1 aromatic heterocycles. The van der Waals surface area contributed by atoms with Gasteiger partial charge in [0.25, 0.3) is 5.91 Å². The molecule has 2 aromatic rings. The quantitative estimate of drug-likeness (QED) is 0.566. The number of carbonyl (C=O) groups is 1. The largest absolute Gasteiger partial charge is 0.480 e. The molecule has 0 bridgehead atoms. The number of hydrogen-bond acceptors (Lipinski definition) is 6. The van der Waals surface area contributed by atoms with E-state index >= 15 is 0 Å². The molecule has 3 atom stereocenters. The minimum Gasteiger partial charge on any atom is -0.480 e. The van der Waals surface area contributed by atoms with Crippen LogP contribution in [0.25, 0.3) is 0 Å². The first-order valence-corrected chi connectivity index (χ1v) is 11.8. The van der Waals surface area contributed by atoms with E-state index < -0.39 is 56.5 Å². The summed E-state index contributed by atoms with van der Waals surface area (Å²) in [6.07, 6.45) is -10.1. The predicted octanol–water partition coefficient (Wildman–Crippen LogP) is 3.84. The number of halogens is 6. The summed E-state index contributed by atoms with van der Waals surface area (Å²) in [6.45, 7) is 0.547. The fourth-order valence-corrected chi connectivity index (χ4v) is 4.89. The van der Waals surface area contributed by atoms with E-state index in [-0.39, 0.29) is 29.6 Å². The molecule has 0 spiro atoms. The van der Waals surface area contributed by atoms with Gasteiger partial charge in [-0.05, 0) is 37.5 Å². The normalized spacial score (nSPS) is 23.5. The zero-order valence-corrected chi connectivity index (χ0v) is 18.5. The lowest BCUT2D eigenvalue weighted by atomic mass is 9.97. The molecule has 2 heterocycles. The van der Waals surface area contributed by atoms with Crippen molar-refractivity contribution >= 4 is 15.7 Å². The van der Waals surface area contributed by atoms with Crippen molar-refractivity contribution in [2.45, 2.75) is 42.1 Å². The van der Waals surface area contributed by atoms with Gasteiger partial charge in [-0.3, -0.25) is 4.79 Å². The van der Waals surface area contributed by atoms with Crippen molar-refractivity contribution in [2.24, 2.45) is 5.92 Å². The molecule has 0 radical (unpaired) electrons. The van der Waals surface area contributed by atoms with Gasteiger partial charge in [-0.2, -0.15) is 26.3 Å². The maximum absolute atomic E-state index is 13.3. The first-order valence-electron chi connectivity index (χ1n) is 9.93. The number of sulfone groups is 1. The number of benzene rings is 1. The van der Waals surface area contributed by atoms with Crippen molar-refractivity contribution in [1.29, 1.82) is 0 Å². The number of rotatable bonds is 5.